The minimum absolute atomic E-state index is 0.00266. The molecule has 2 aromatic carbocycles. The molecule has 0 bridgehead atoms. The quantitative estimate of drug-likeness (QED) is 0.509. The second-order valence-electron chi connectivity index (χ2n) is 7.49. The minimum Gasteiger partial charge on any atom is -0.497 e. The number of allylic oxidation sites excluding steroid dienone is 1. The molecule has 1 fully saturated rings. The molecule has 2 aliphatic heterocycles. The summed E-state index contributed by atoms with van der Waals surface area (Å²) < 4.78 is 10.9. The van der Waals surface area contributed by atoms with E-state index in [1.54, 1.807) is 13.2 Å². The normalized spacial score (nSPS) is 22.2. The third kappa shape index (κ3) is 3.61. The molecule has 0 radical (unpaired) electrons. The molecule has 162 valence electrons. The fourth-order valence-corrected chi connectivity index (χ4v) is 4.74. The predicted octanol–water partition coefficient (Wildman–Crippen LogP) is 4.48. The average molecular weight is 494 g/mol. The number of aromatic carboxylic acids is 1. The number of hydrazine groups is 1. The van der Waals surface area contributed by atoms with Crippen molar-refractivity contribution in [2.24, 2.45) is 4.99 Å². The van der Waals surface area contributed by atoms with Gasteiger partial charge >= 0.3 is 5.97 Å². The smallest absolute Gasteiger partial charge is 0.371 e. The summed E-state index contributed by atoms with van der Waals surface area (Å²) >= 11 is 3.85. The van der Waals surface area contributed by atoms with Crippen LogP contribution < -0.4 is 10.2 Å². The molecule has 3 aromatic rings. The number of nitrogens with one attached hydrogen (secondary N) is 1. The molecule has 0 amide bonds. The van der Waals surface area contributed by atoms with Crippen molar-refractivity contribution in [1.29, 1.82) is 0 Å². The topological polar surface area (TPSA) is 87.3 Å². The van der Waals surface area contributed by atoms with Crippen molar-refractivity contribution >= 4 is 33.3 Å². The number of furan rings is 1. The summed E-state index contributed by atoms with van der Waals surface area (Å²) in [5.41, 5.74) is 7.18. The molecule has 1 saturated heterocycles. The lowest BCUT2D eigenvalue weighted by Gasteiger charge is -2.31. The zero-order valence-corrected chi connectivity index (χ0v) is 18.7. The highest BCUT2D eigenvalue weighted by Crippen LogP contribution is 2.40. The van der Waals surface area contributed by atoms with E-state index in [4.69, 9.17) is 14.1 Å². The van der Waals surface area contributed by atoms with Crippen molar-refractivity contribution < 1.29 is 19.1 Å². The number of fused-ring (bicyclic) bond motifs is 1. The fourth-order valence-electron chi connectivity index (χ4n) is 3.96. The molecule has 3 atom stereocenters. The molecule has 3 heterocycles. The molecule has 0 spiro atoms. The van der Waals surface area contributed by atoms with Gasteiger partial charge in [-0.05, 0) is 53.6 Å². The Morgan fingerprint density at radius 2 is 1.88 bits per heavy atom. The summed E-state index contributed by atoms with van der Waals surface area (Å²) in [5.74, 6) is -0.0520. The molecule has 2 N–H and O–H groups in total. The third-order valence-corrected chi connectivity index (χ3v) is 6.57. The molecule has 7 nitrogen and oxygen atoms in total. The fraction of sp³-hybridized carbons (Fsp3) is 0.167. The van der Waals surface area contributed by atoms with Gasteiger partial charge in [0.05, 0.1) is 23.7 Å². The van der Waals surface area contributed by atoms with Gasteiger partial charge in [0.25, 0.3) is 0 Å². The Morgan fingerprint density at radius 1 is 1.12 bits per heavy atom. The molecule has 1 aromatic heterocycles. The molecule has 3 unspecified atom stereocenters. The van der Waals surface area contributed by atoms with Gasteiger partial charge in [-0.2, -0.15) is 0 Å². The molecule has 5 rings (SSSR count). The standard InChI is InChI=1S/C24H20BrN3O4/c1-31-16-9-7-14(8-10-16)18-13-17(19-11-12-20(32-19)24(29)30)26-23-21(25)22(27-28(18)23)15-5-3-2-4-6-15/h2-13,21-23,27H,1H3,(H,29,30). The first-order chi connectivity index (χ1) is 15.5. The van der Waals surface area contributed by atoms with Crippen LogP contribution in [0.5, 0.6) is 5.75 Å². The summed E-state index contributed by atoms with van der Waals surface area (Å²) in [6.07, 6.45) is 1.64. The van der Waals surface area contributed by atoms with E-state index >= 15 is 0 Å². The van der Waals surface area contributed by atoms with E-state index in [0.29, 0.717) is 11.5 Å². The van der Waals surface area contributed by atoms with Crippen molar-refractivity contribution in [3.8, 4) is 5.75 Å². The number of carboxylic acids is 1. The number of hydrogen-bond donors (Lipinski definition) is 2. The number of benzene rings is 2. The van der Waals surface area contributed by atoms with Crippen LogP contribution in [0.1, 0.15) is 33.5 Å². The highest BCUT2D eigenvalue weighted by Gasteiger charge is 2.44. The molecule has 2 aliphatic rings. The molecular formula is C24H20BrN3O4. The number of rotatable bonds is 5. The summed E-state index contributed by atoms with van der Waals surface area (Å²) in [5, 5.41) is 11.3. The van der Waals surface area contributed by atoms with Crippen molar-refractivity contribution in [2.75, 3.05) is 7.11 Å². The SMILES string of the molecule is COc1ccc(C2=CC(c3ccc(C(=O)O)o3)=NC3C(Br)C(c4ccccc4)NN23)cc1. The van der Waals surface area contributed by atoms with E-state index < -0.39 is 5.97 Å². The van der Waals surface area contributed by atoms with Gasteiger partial charge in [0.1, 0.15) is 11.5 Å². The molecule has 32 heavy (non-hydrogen) atoms. The Kier molecular flexibility index (Phi) is 5.32. The van der Waals surface area contributed by atoms with Crippen LogP contribution in [0, 0.1) is 0 Å². The van der Waals surface area contributed by atoms with E-state index in [2.05, 4.69) is 33.5 Å². The summed E-state index contributed by atoms with van der Waals surface area (Å²) in [7, 11) is 1.63. The highest BCUT2D eigenvalue weighted by molar-refractivity contribution is 9.09. The van der Waals surface area contributed by atoms with Gasteiger partial charge in [-0.3, -0.25) is 10.0 Å². The van der Waals surface area contributed by atoms with Crippen LogP contribution in [0.25, 0.3) is 5.70 Å². The van der Waals surface area contributed by atoms with Crippen LogP contribution in [0.3, 0.4) is 0 Å². The Balaban J connectivity index is 1.58. The molecule has 0 saturated carbocycles. The Hall–Kier alpha value is -3.36. The van der Waals surface area contributed by atoms with Crippen LogP contribution in [0.4, 0.5) is 0 Å². The maximum atomic E-state index is 11.3. The van der Waals surface area contributed by atoms with Crippen molar-refractivity contribution in [1.82, 2.24) is 10.4 Å². The lowest BCUT2D eigenvalue weighted by atomic mass is 10.0. The number of ether oxygens (including phenoxy) is 1. The van der Waals surface area contributed by atoms with Crippen LogP contribution in [0.15, 0.2) is 82.2 Å². The highest BCUT2D eigenvalue weighted by atomic mass is 79.9. The third-order valence-electron chi connectivity index (χ3n) is 5.56. The van der Waals surface area contributed by atoms with Crippen LogP contribution in [-0.4, -0.2) is 39.9 Å². The second kappa shape index (κ2) is 8.29. The van der Waals surface area contributed by atoms with Crippen molar-refractivity contribution in [3.63, 3.8) is 0 Å². The Morgan fingerprint density at radius 3 is 2.53 bits per heavy atom. The summed E-state index contributed by atoms with van der Waals surface area (Å²) in [6, 6.07) is 21.0. The van der Waals surface area contributed by atoms with E-state index in [0.717, 1.165) is 22.6 Å². The van der Waals surface area contributed by atoms with Gasteiger partial charge in [0.15, 0.2) is 11.9 Å². The number of methoxy groups -OCH3 is 1. The number of alkyl halides is 1. The Labute approximate surface area is 193 Å². The van der Waals surface area contributed by atoms with E-state index in [-0.39, 0.29) is 22.8 Å². The zero-order chi connectivity index (χ0) is 22.2. The summed E-state index contributed by atoms with van der Waals surface area (Å²) in [4.78, 5) is 16.2. The van der Waals surface area contributed by atoms with Gasteiger partial charge in [0, 0.05) is 0 Å². The second-order valence-corrected chi connectivity index (χ2v) is 8.54. The number of carbonyl (C=O) groups is 1. The van der Waals surface area contributed by atoms with E-state index in [1.165, 1.54) is 6.07 Å². The Bertz CT molecular complexity index is 1200. The zero-order valence-electron chi connectivity index (χ0n) is 17.1. The monoisotopic (exact) mass is 493 g/mol. The van der Waals surface area contributed by atoms with Gasteiger partial charge in [-0.15, -0.1) is 0 Å². The lowest BCUT2D eigenvalue weighted by Crippen LogP contribution is -2.39. The first kappa shape index (κ1) is 20.5. The molecule has 8 heteroatoms. The number of hydrogen-bond acceptors (Lipinski definition) is 6. The average Bonchev–Trinajstić information content (AvgIpc) is 3.45. The molecular weight excluding hydrogens is 474 g/mol. The molecule has 0 aliphatic carbocycles. The van der Waals surface area contributed by atoms with E-state index in [1.807, 2.05) is 53.5 Å². The van der Waals surface area contributed by atoms with Crippen LogP contribution in [0.2, 0.25) is 0 Å². The maximum absolute atomic E-state index is 11.3. The lowest BCUT2D eigenvalue weighted by molar-refractivity contribution is 0.0662. The predicted molar refractivity (Wildman–Crippen MR) is 124 cm³/mol. The van der Waals surface area contributed by atoms with Crippen LogP contribution in [-0.2, 0) is 0 Å². The largest absolute Gasteiger partial charge is 0.497 e. The maximum Gasteiger partial charge on any atom is 0.371 e. The van der Waals surface area contributed by atoms with Crippen LogP contribution >= 0.6 is 15.9 Å². The number of nitrogens with zero attached hydrogens (tertiary/aromatic N) is 2. The van der Waals surface area contributed by atoms with Crippen molar-refractivity contribution in [3.05, 3.63) is 95.5 Å². The van der Waals surface area contributed by atoms with Gasteiger partial charge in [-0.25, -0.2) is 10.2 Å². The van der Waals surface area contributed by atoms with Gasteiger partial charge < -0.3 is 14.3 Å². The number of halogens is 1. The minimum atomic E-state index is -1.11. The van der Waals surface area contributed by atoms with E-state index in [9.17, 15) is 9.90 Å². The first-order valence-corrected chi connectivity index (χ1v) is 11.0. The summed E-state index contributed by atoms with van der Waals surface area (Å²) in [6.45, 7) is 0. The number of carboxylic acid groups (broad SMARTS) is 1. The van der Waals surface area contributed by atoms with Crippen molar-refractivity contribution in [2.45, 2.75) is 17.0 Å². The number of aliphatic imine (C=N–C) groups is 1. The van der Waals surface area contributed by atoms with Gasteiger partial charge in [-0.1, -0.05) is 46.3 Å². The van der Waals surface area contributed by atoms with Gasteiger partial charge in [0.2, 0.25) is 5.76 Å². The first-order valence-electron chi connectivity index (χ1n) is 10.1.